The van der Waals surface area contributed by atoms with Crippen LogP contribution in [0.25, 0.3) is 121 Å². The Bertz CT molecular complexity index is 3610. The molecule has 0 bridgehead atoms. The molecule has 0 fully saturated rings. The number of hydrogen-bond acceptors (Lipinski definition) is 2. The molecule has 12 rings (SSSR count). The van der Waals surface area contributed by atoms with Crippen LogP contribution in [0.2, 0.25) is 0 Å². The van der Waals surface area contributed by atoms with Crippen LogP contribution in [0.5, 0.6) is 0 Å². The highest BCUT2D eigenvalue weighted by Gasteiger charge is 2.23. The first-order chi connectivity index (χ1) is 31.7. The molecular formula is C62H36N2. The lowest BCUT2D eigenvalue weighted by atomic mass is 9.80. The van der Waals surface area contributed by atoms with Gasteiger partial charge in [0.05, 0.1) is 23.3 Å². The topological polar surface area (TPSA) is 47.6 Å². The maximum Gasteiger partial charge on any atom is 0.0991 e. The number of nitrogens with zero attached hydrogens (tertiary/aromatic N) is 2. The quantitative estimate of drug-likeness (QED) is 0.157. The van der Waals surface area contributed by atoms with Gasteiger partial charge in [0, 0.05) is 0 Å². The predicted molar refractivity (Wildman–Crippen MR) is 267 cm³/mol. The molecule has 0 saturated carbocycles. The first kappa shape index (κ1) is 37.0. The number of nitriles is 2. The highest BCUT2D eigenvalue weighted by Crippen LogP contribution is 2.50. The third-order valence-electron chi connectivity index (χ3n) is 13.1. The van der Waals surface area contributed by atoms with Gasteiger partial charge in [0.25, 0.3) is 0 Å². The van der Waals surface area contributed by atoms with E-state index in [1.807, 2.05) is 24.3 Å². The molecule has 294 valence electrons. The molecule has 0 N–H and O–H groups in total. The lowest BCUT2D eigenvalue weighted by Gasteiger charge is -2.23. The van der Waals surface area contributed by atoms with E-state index in [1.54, 1.807) is 0 Å². The molecule has 0 spiro atoms. The molecule has 0 aromatic heterocycles. The minimum absolute atomic E-state index is 0.631. The van der Waals surface area contributed by atoms with Crippen molar-refractivity contribution < 1.29 is 0 Å². The maximum absolute atomic E-state index is 9.80. The molecule has 2 nitrogen and oxygen atoms in total. The van der Waals surface area contributed by atoms with Crippen LogP contribution in [0.15, 0.2) is 218 Å². The highest BCUT2D eigenvalue weighted by molar-refractivity contribution is 6.33. The molecule has 0 saturated heterocycles. The van der Waals surface area contributed by atoms with Gasteiger partial charge in [-0.25, -0.2) is 0 Å². The second-order valence-corrected chi connectivity index (χ2v) is 16.5. The molecule has 0 radical (unpaired) electrons. The molecular weight excluding hydrogens is 773 g/mol. The van der Waals surface area contributed by atoms with Crippen molar-refractivity contribution in [3.8, 4) is 78.9 Å². The highest BCUT2D eigenvalue weighted by atomic mass is 14.3. The van der Waals surface area contributed by atoms with Crippen molar-refractivity contribution in [3.63, 3.8) is 0 Å². The third-order valence-corrected chi connectivity index (χ3v) is 13.1. The minimum atomic E-state index is 0.631. The summed E-state index contributed by atoms with van der Waals surface area (Å²) in [7, 11) is 0. The zero-order valence-electron chi connectivity index (χ0n) is 34.7. The Hall–Kier alpha value is -8.82. The van der Waals surface area contributed by atoms with Crippen LogP contribution < -0.4 is 0 Å². The van der Waals surface area contributed by atoms with E-state index in [0.717, 1.165) is 55.3 Å². The fourth-order valence-corrected chi connectivity index (χ4v) is 10.2. The summed E-state index contributed by atoms with van der Waals surface area (Å²) in [5.41, 5.74) is 15.0. The summed E-state index contributed by atoms with van der Waals surface area (Å²) in [4.78, 5) is 0. The van der Waals surface area contributed by atoms with Gasteiger partial charge in [-0.2, -0.15) is 10.5 Å². The number of rotatable bonds is 6. The Morgan fingerprint density at radius 2 is 0.516 bits per heavy atom. The van der Waals surface area contributed by atoms with Gasteiger partial charge >= 0.3 is 0 Å². The molecule has 0 aliphatic carbocycles. The summed E-state index contributed by atoms with van der Waals surface area (Å²) >= 11 is 0. The molecule has 0 aliphatic rings. The number of benzene rings is 12. The Morgan fingerprint density at radius 3 is 0.875 bits per heavy atom. The number of hydrogen-bond donors (Lipinski definition) is 0. The molecule has 64 heavy (non-hydrogen) atoms. The second-order valence-electron chi connectivity index (χ2n) is 16.5. The third kappa shape index (κ3) is 5.86. The summed E-state index contributed by atoms with van der Waals surface area (Å²) in [6.07, 6.45) is 0. The van der Waals surface area contributed by atoms with E-state index in [9.17, 15) is 10.5 Å². The zero-order valence-corrected chi connectivity index (χ0v) is 34.7. The summed E-state index contributed by atoms with van der Waals surface area (Å²) in [5, 5.41) is 31.4. The van der Waals surface area contributed by atoms with Gasteiger partial charge in [0.15, 0.2) is 0 Å². The van der Waals surface area contributed by atoms with E-state index in [1.165, 1.54) is 65.3 Å². The van der Waals surface area contributed by atoms with Gasteiger partial charge in [-0.15, -0.1) is 0 Å². The smallest absolute Gasteiger partial charge is 0.0991 e. The van der Waals surface area contributed by atoms with Gasteiger partial charge in [-0.3, -0.25) is 0 Å². The maximum atomic E-state index is 9.80. The van der Waals surface area contributed by atoms with Crippen molar-refractivity contribution in [2.45, 2.75) is 0 Å². The van der Waals surface area contributed by atoms with E-state index in [2.05, 4.69) is 206 Å². The van der Waals surface area contributed by atoms with Crippen LogP contribution in [-0.2, 0) is 0 Å². The van der Waals surface area contributed by atoms with Gasteiger partial charge in [0.2, 0.25) is 0 Å². The van der Waals surface area contributed by atoms with Crippen molar-refractivity contribution in [2.75, 3.05) is 0 Å². The van der Waals surface area contributed by atoms with E-state index in [4.69, 9.17) is 0 Å². The largest absolute Gasteiger partial charge is 0.192 e. The van der Waals surface area contributed by atoms with Crippen LogP contribution >= 0.6 is 0 Å². The Kier molecular flexibility index (Phi) is 8.65. The monoisotopic (exact) mass is 808 g/mol. The van der Waals surface area contributed by atoms with Crippen LogP contribution in [0, 0.1) is 22.7 Å². The SMILES string of the molecule is N#Cc1ccc(-c2cc(-c3ccc(-c4ccccc4)c4ccccc34)c3ccc4c(-c5ccc(C#N)cc5)cc(-c5ccc(-c6ccccc6)c6ccccc56)c5ccc2c3c45)cc1. The van der Waals surface area contributed by atoms with E-state index in [-0.39, 0.29) is 0 Å². The van der Waals surface area contributed by atoms with E-state index < -0.39 is 0 Å². The normalized spacial score (nSPS) is 11.4. The minimum Gasteiger partial charge on any atom is -0.192 e. The molecule has 0 unspecified atom stereocenters. The Labute approximate surface area is 371 Å². The Balaban J connectivity index is 1.22. The Morgan fingerprint density at radius 1 is 0.219 bits per heavy atom. The van der Waals surface area contributed by atoms with Crippen LogP contribution in [0.1, 0.15) is 11.1 Å². The number of fused-ring (bicyclic) bond motifs is 2. The summed E-state index contributed by atoms with van der Waals surface area (Å²) < 4.78 is 0. The van der Waals surface area contributed by atoms with Crippen molar-refractivity contribution in [1.29, 1.82) is 10.5 Å². The molecule has 12 aromatic rings. The first-order valence-corrected chi connectivity index (χ1v) is 21.6. The van der Waals surface area contributed by atoms with Crippen molar-refractivity contribution >= 4 is 53.9 Å². The molecule has 0 atom stereocenters. The molecule has 0 amide bonds. The zero-order chi connectivity index (χ0) is 42.7. The fourth-order valence-electron chi connectivity index (χ4n) is 10.2. The fraction of sp³-hybridized carbons (Fsp3) is 0. The first-order valence-electron chi connectivity index (χ1n) is 21.6. The second kappa shape index (κ2) is 15.0. The summed E-state index contributed by atoms with van der Waals surface area (Å²) in [5.74, 6) is 0. The lowest BCUT2D eigenvalue weighted by Crippen LogP contribution is -1.95. The van der Waals surface area contributed by atoms with Gasteiger partial charge in [-0.05, 0) is 157 Å². The van der Waals surface area contributed by atoms with Crippen molar-refractivity contribution in [2.24, 2.45) is 0 Å². The van der Waals surface area contributed by atoms with Crippen molar-refractivity contribution in [1.82, 2.24) is 0 Å². The standard InChI is InChI=1S/C62H36N2/c63-37-39-19-23-43(24-20-39)57-35-59(51-29-27-45(41-11-3-1-4-12-41)47-15-7-9-17-49(47)51)55-33-31-54-58(44-25-21-40(38-64)22-26-44)36-60(56-34-32-53(57)61(55)62(54)56)52-30-28-46(42-13-5-2-6-14-42)48-16-8-10-18-50(48)52/h1-36H. The van der Waals surface area contributed by atoms with Gasteiger partial charge in [0.1, 0.15) is 0 Å². The van der Waals surface area contributed by atoms with Gasteiger partial charge in [-0.1, -0.05) is 182 Å². The predicted octanol–water partition coefficient (Wildman–Crippen LogP) is 16.6. The van der Waals surface area contributed by atoms with Gasteiger partial charge < -0.3 is 0 Å². The molecule has 12 aromatic carbocycles. The van der Waals surface area contributed by atoms with E-state index >= 15 is 0 Å². The molecule has 0 heterocycles. The van der Waals surface area contributed by atoms with Crippen LogP contribution in [-0.4, -0.2) is 0 Å². The van der Waals surface area contributed by atoms with Crippen LogP contribution in [0.3, 0.4) is 0 Å². The molecule has 0 aliphatic heterocycles. The van der Waals surface area contributed by atoms with E-state index in [0.29, 0.717) is 11.1 Å². The summed E-state index contributed by atoms with van der Waals surface area (Å²) in [6, 6.07) is 82.6. The lowest BCUT2D eigenvalue weighted by molar-refractivity contribution is 1.48. The average molecular weight is 809 g/mol. The summed E-state index contributed by atoms with van der Waals surface area (Å²) in [6.45, 7) is 0. The average Bonchev–Trinajstić information content (AvgIpc) is 3.37. The van der Waals surface area contributed by atoms with Crippen molar-refractivity contribution in [3.05, 3.63) is 230 Å². The molecule has 2 heteroatoms. The van der Waals surface area contributed by atoms with Crippen LogP contribution in [0.4, 0.5) is 0 Å².